The van der Waals surface area contributed by atoms with Gasteiger partial charge in [0.25, 0.3) is 5.56 Å². The van der Waals surface area contributed by atoms with E-state index in [0.29, 0.717) is 11.4 Å². The molecule has 1 heterocycles. The summed E-state index contributed by atoms with van der Waals surface area (Å²) in [5, 5.41) is 9.05. The summed E-state index contributed by atoms with van der Waals surface area (Å²) < 4.78 is 18.9. The molecule has 96 valence electrons. The minimum Gasteiger partial charge on any atom is -0.497 e. The largest absolute Gasteiger partial charge is 0.497 e. The molecule has 5 heteroatoms. The Morgan fingerprint density at radius 2 is 2.05 bits per heavy atom. The van der Waals surface area contributed by atoms with E-state index in [4.69, 9.17) is 10.00 Å². The Hall–Kier alpha value is -2.61. The van der Waals surface area contributed by atoms with Crippen molar-refractivity contribution in [2.45, 2.75) is 6.92 Å². The SMILES string of the molecule is COc1ccc(F)c(-c2cc(C)[nH]c(=O)c2C#N)c1. The Morgan fingerprint density at radius 1 is 1.32 bits per heavy atom. The number of H-pyrrole nitrogens is 1. The summed E-state index contributed by atoms with van der Waals surface area (Å²) in [5.41, 5.74) is 0.351. The molecule has 2 aromatic rings. The van der Waals surface area contributed by atoms with E-state index in [-0.39, 0.29) is 16.7 Å². The summed E-state index contributed by atoms with van der Waals surface area (Å²) in [5.74, 6) is -0.0551. The molecule has 0 aliphatic carbocycles. The molecule has 0 atom stereocenters. The first-order chi connectivity index (χ1) is 9.06. The molecule has 0 amide bonds. The molecule has 1 aromatic heterocycles. The van der Waals surface area contributed by atoms with E-state index in [9.17, 15) is 9.18 Å². The van der Waals surface area contributed by atoms with Crippen LogP contribution in [0.2, 0.25) is 0 Å². The second kappa shape index (κ2) is 4.94. The molecule has 0 fully saturated rings. The molecule has 19 heavy (non-hydrogen) atoms. The Kier molecular flexibility index (Phi) is 3.34. The lowest BCUT2D eigenvalue weighted by Crippen LogP contribution is -2.13. The lowest BCUT2D eigenvalue weighted by atomic mass is 10.0. The van der Waals surface area contributed by atoms with Crippen LogP contribution >= 0.6 is 0 Å². The van der Waals surface area contributed by atoms with Crippen LogP contribution in [0.4, 0.5) is 4.39 Å². The second-order valence-electron chi connectivity index (χ2n) is 4.03. The number of hydrogen-bond acceptors (Lipinski definition) is 3. The fourth-order valence-corrected chi connectivity index (χ4v) is 1.85. The van der Waals surface area contributed by atoms with E-state index in [1.165, 1.54) is 25.3 Å². The maximum absolute atomic E-state index is 13.9. The molecule has 4 nitrogen and oxygen atoms in total. The van der Waals surface area contributed by atoms with Crippen molar-refractivity contribution in [2.24, 2.45) is 0 Å². The van der Waals surface area contributed by atoms with Crippen molar-refractivity contribution in [3.8, 4) is 22.9 Å². The van der Waals surface area contributed by atoms with Gasteiger partial charge in [-0.15, -0.1) is 0 Å². The molecule has 0 aliphatic heterocycles. The highest BCUT2D eigenvalue weighted by Crippen LogP contribution is 2.28. The van der Waals surface area contributed by atoms with Gasteiger partial charge in [0, 0.05) is 16.8 Å². The van der Waals surface area contributed by atoms with Crippen LogP contribution in [-0.4, -0.2) is 12.1 Å². The van der Waals surface area contributed by atoms with Gasteiger partial charge in [0.05, 0.1) is 7.11 Å². The number of pyridine rings is 1. The zero-order valence-electron chi connectivity index (χ0n) is 10.5. The Bertz CT molecular complexity index is 729. The topological polar surface area (TPSA) is 65.9 Å². The molecule has 2 rings (SSSR count). The Labute approximate surface area is 109 Å². The standard InChI is InChI=1S/C14H11FN2O2/c1-8-5-10(12(7-16)14(18)17-8)11-6-9(19-2)3-4-13(11)15/h3-6H,1-2H3,(H,17,18). The molecule has 0 radical (unpaired) electrons. The van der Waals surface area contributed by atoms with E-state index in [1.807, 2.05) is 0 Å². The number of rotatable bonds is 2. The van der Waals surface area contributed by atoms with Crippen LogP contribution in [0.15, 0.2) is 29.1 Å². The van der Waals surface area contributed by atoms with Gasteiger partial charge in [-0.1, -0.05) is 0 Å². The first kappa shape index (κ1) is 12.8. The zero-order valence-corrected chi connectivity index (χ0v) is 10.5. The molecule has 1 aromatic carbocycles. The molecular formula is C14H11FN2O2. The summed E-state index contributed by atoms with van der Waals surface area (Å²) in [7, 11) is 1.46. The van der Waals surface area contributed by atoms with Crippen molar-refractivity contribution in [3.05, 3.63) is 51.7 Å². The second-order valence-corrected chi connectivity index (χ2v) is 4.03. The van der Waals surface area contributed by atoms with Crippen LogP contribution in [0.3, 0.4) is 0 Å². The first-order valence-electron chi connectivity index (χ1n) is 5.54. The van der Waals surface area contributed by atoms with Crippen molar-refractivity contribution in [3.63, 3.8) is 0 Å². The van der Waals surface area contributed by atoms with Gasteiger partial charge in [-0.2, -0.15) is 5.26 Å². The minimum absolute atomic E-state index is 0.113. The number of aromatic amines is 1. The van der Waals surface area contributed by atoms with Crippen LogP contribution in [0.25, 0.3) is 11.1 Å². The summed E-state index contributed by atoms with van der Waals surface area (Å²) in [6.07, 6.45) is 0. The molecular weight excluding hydrogens is 247 g/mol. The molecule has 1 N–H and O–H groups in total. The average Bonchev–Trinajstić information content (AvgIpc) is 2.38. The van der Waals surface area contributed by atoms with Gasteiger partial charge in [0.1, 0.15) is 23.2 Å². The Morgan fingerprint density at radius 3 is 2.68 bits per heavy atom. The van der Waals surface area contributed by atoms with Crippen molar-refractivity contribution < 1.29 is 9.13 Å². The Balaban J connectivity index is 2.79. The summed E-state index contributed by atoms with van der Waals surface area (Å²) in [6.45, 7) is 1.67. The van der Waals surface area contributed by atoms with Gasteiger partial charge >= 0.3 is 0 Å². The third kappa shape index (κ3) is 2.33. The van der Waals surface area contributed by atoms with Gasteiger partial charge in [-0.05, 0) is 31.2 Å². The number of nitriles is 1. The van der Waals surface area contributed by atoms with E-state index in [2.05, 4.69) is 4.98 Å². The van der Waals surface area contributed by atoms with Gasteiger partial charge in [0.15, 0.2) is 0 Å². The highest BCUT2D eigenvalue weighted by Gasteiger charge is 2.14. The molecule has 0 saturated heterocycles. The predicted molar refractivity (Wildman–Crippen MR) is 68.5 cm³/mol. The molecule has 0 bridgehead atoms. The number of nitrogens with zero attached hydrogens (tertiary/aromatic N) is 1. The maximum Gasteiger partial charge on any atom is 0.266 e. The van der Waals surface area contributed by atoms with Crippen LogP contribution in [0.5, 0.6) is 5.75 Å². The van der Waals surface area contributed by atoms with Gasteiger partial charge in [0.2, 0.25) is 0 Å². The fraction of sp³-hybridized carbons (Fsp3) is 0.143. The van der Waals surface area contributed by atoms with Gasteiger partial charge in [-0.3, -0.25) is 4.79 Å². The van der Waals surface area contributed by atoms with Crippen LogP contribution < -0.4 is 10.3 Å². The molecule has 0 unspecified atom stereocenters. The number of benzene rings is 1. The van der Waals surface area contributed by atoms with Crippen molar-refractivity contribution in [1.82, 2.24) is 4.98 Å². The lowest BCUT2D eigenvalue weighted by Gasteiger charge is -2.08. The zero-order chi connectivity index (χ0) is 14.0. The predicted octanol–water partition coefficient (Wildman–Crippen LogP) is 2.37. The summed E-state index contributed by atoms with van der Waals surface area (Å²) in [4.78, 5) is 14.2. The highest BCUT2D eigenvalue weighted by molar-refractivity contribution is 5.72. The fourth-order valence-electron chi connectivity index (χ4n) is 1.85. The quantitative estimate of drug-likeness (QED) is 0.899. The number of aromatic nitrogens is 1. The molecule has 0 spiro atoms. The number of ether oxygens (including phenoxy) is 1. The number of methoxy groups -OCH3 is 1. The first-order valence-corrected chi connectivity index (χ1v) is 5.54. The van der Waals surface area contributed by atoms with Crippen LogP contribution in [0.1, 0.15) is 11.3 Å². The normalized spacial score (nSPS) is 10.0. The minimum atomic E-state index is -0.528. The average molecular weight is 258 g/mol. The molecule has 0 saturated carbocycles. The number of aryl methyl sites for hydroxylation is 1. The monoisotopic (exact) mass is 258 g/mol. The highest BCUT2D eigenvalue weighted by atomic mass is 19.1. The number of hydrogen-bond donors (Lipinski definition) is 1. The third-order valence-electron chi connectivity index (χ3n) is 2.74. The number of halogens is 1. The summed E-state index contributed by atoms with van der Waals surface area (Å²) >= 11 is 0. The van der Waals surface area contributed by atoms with E-state index in [0.717, 1.165) is 0 Å². The van der Waals surface area contributed by atoms with Crippen molar-refractivity contribution >= 4 is 0 Å². The van der Waals surface area contributed by atoms with Gasteiger partial charge < -0.3 is 9.72 Å². The van der Waals surface area contributed by atoms with Crippen molar-refractivity contribution in [1.29, 1.82) is 5.26 Å². The van der Waals surface area contributed by atoms with Crippen LogP contribution in [-0.2, 0) is 0 Å². The van der Waals surface area contributed by atoms with E-state index >= 15 is 0 Å². The van der Waals surface area contributed by atoms with Crippen molar-refractivity contribution in [2.75, 3.05) is 7.11 Å². The third-order valence-corrected chi connectivity index (χ3v) is 2.74. The van der Waals surface area contributed by atoms with E-state index < -0.39 is 11.4 Å². The maximum atomic E-state index is 13.9. The van der Waals surface area contributed by atoms with E-state index in [1.54, 1.807) is 19.1 Å². The number of nitrogens with one attached hydrogen (secondary N) is 1. The van der Waals surface area contributed by atoms with Crippen LogP contribution in [0, 0.1) is 24.1 Å². The lowest BCUT2D eigenvalue weighted by molar-refractivity contribution is 0.414. The summed E-state index contributed by atoms with van der Waals surface area (Å²) in [6, 6.07) is 7.55. The molecule has 0 aliphatic rings. The smallest absolute Gasteiger partial charge is 0.266 e. The van der Waals surface area contributed by atoms with Gasteiger partial charge in [-0.25, -0.2) is 4.39 Å².